The average Bonchev–Trinajstić information content (AvgIpc) is 3.15. The molecule has 5 aromatic rings. The van der Waals surface area contributed by atoms with E-state index >= 15 is 0 Å². The molecule has 7 N–H and O–H groups in total. The van der Waals surface area contributed by atoms with E-state index in [-0.39, 0.29) is 27.8 Å². The van der Waals surface area contributed by atoms with Gasteiger partial charge in [0.05, 0.1) is 44.0 Å². The van der Waals surface area contributed by atoms with E-state index in [9.17, 15) is 57.8 Å². The highest BCUT2D eigenvalue weighted by atomic mass is 35.5. The second-order valence-electron chi connectivity index (χ2n) is 11.6. The molecule has 1 atom stereocenters. The predicted molar refractivity (Wildman–Crippen MR) is 207 cm³/mol. The summed E-state index contributed by atoms with van der Waals surface area (Å²) in [5, 5.41) is 41.4. The number of sulfone groups is 1. The van der Waals surface area contributed by atoms with Crippen molar-refractivity contribution in [1.82, 2.24) is 15.0 Å². The van der Waals surface area contributed by atoms with Crippen LogP contribution < -0.4 is 10.6 Å². The summed E-state index contributed by atoms with van der Waals surface area (Å²) in [7, 11) is -18.8. The number of phenolic OH excluding ortho intramolecular Hbond substituents is 1. The molecule has 0 amide bonds. The van der Waals surface area contributed by atoms with Crippen molar-refractivity contribution in [3.05, 3.63) is 101 Å². The van der Waals surface area contributed by atoms with E-state index in [0.717, 1.165) is 30.3 Å². The zero-order valence-electron chi connectivity index (χ0n) is 29.5. The first-order valence-corrected chi connectivity index (χ1v) is 22.2. The number of anilines is 4. The second kappa shape index (κ2) is 18.0. The lowest BCUT2D eigenvalue weighted by atomic mass is 10.2. The number of halogens is 1. The highest BCUT2D eigenvalue weighted by Gasteiger charge is 2.22. The molecular formula is C31H26ClN9O15S4. The molecular weight excluding hydrogens is 902 g/mol. The quantitative estimate of drug-likeness (QED) is 0.0363. The summed E-state index contributed by atoms with van der Waals surface area (Å²) in [4.78, 5) is 21.9. The fraction of sp³-hybridized carbons (Fsp3) is 0.0968. The minimum Gasteiger partial charge on any atom is -0.504 e. The van der Waals surface area contributed by atoms with E-state index in [4.69, 9.17) is 16.2 Å². The van der Waals surface area contributed by atoms with E-state index in [1.54, 1.807) is 18.2 Å². The number of carbonyl (C=O) groups is 1. The van der Waals surface area contributed by atoms with Gasteiger partial charge >= 0.3 is 16.4 Å². The highest BCUT2D eigenvalue weighted by molar-refractivity contribution is 7.91. The van der Waals surface area contributed by atoms with Gasteiger partial charge in [0.25, 0.3) is 20.2 Å². The molecule has 24 nitrogen and oxygen atoms in total. The molecule has 0 aliphatic carbocycles. The SMILES string of the molecule is O=C(O)c1cc(S(=O)(=O)O)ccc1N=NC(N=Nc1cc(S(=O)(=O)O)cc(Nc2nc(Cl)nc(Nc3cccc(S(=O)(=O)CCOS(=O)(=O)O)c3)n2)c1O)c1ccccc1. The Morgan fingerprint density at radius 2 is 1.35 bits per heavy atom. The Bertz CT molecular complexity index is 2980. The van der Waals surface area contributed by atoms with Crippen LogP contribution in [0.15, 0.2) is 120 Å². The summed E-state index contributed by atoms with van der Waals surface area (Å²) in [5.41, 5.74) is -1.75. The summed E-state index contributed by atoms with van der Waals surface area (Å²) in [6.45, 7) is -0.876. The highest BCUT2D eigenvalue weighted by Crippen LogP contribution is 2.40. The normalized spacial score (nSPS) is 13.1. The van der Waals surface area contributed by atoms with Crippen LogP contribution in [0.2, 0.25) is 5.28 Å². The first-order chi connectivity index (χ1) is 28.0. The number of hydrogen-bond acceptors (Lipinski definition) is 20. The van der Waals surface area contributed by atoms with E-state index in [0.29, 0.717) is 6.07 Å². The number of aromatic carboxylic acids is 1. The van der Waals surface area contributed by atoms with Crippen LogP contribution in [0.25, 0.3) is 0 Å². The van der Waals surface area contributed by atoms with Gasteiger partial charge in [0.15, 0.2) is 15.6 Å². The number of azo groups is 2. The molecule has 1 heterocycles. The zero-order chi connectivity index (χ0) is 44.0. The van der Waals surface area contributed by atoms with Crippen LogP contribution in [0.5, 0.6) is 5.75 Å². The predicted octanol–water partition coefficient (Wildman–Crippen LogP) is 5.07. The van der Waals surface area contributed by atoms with Gasteiger partial charge < -0.3 is 20.8 Å². The van der Waals surface area contributed by atoms with Crippen LogP contribution >= 0.6 is 11.6 Å². The molecule has 0 aliphatic rings. The molecule has 0 aliphatic heterocycles. The Morgan fingerprint density at radius 3 is 1.97 bits per heavy atom. The van der Waals surface area contributed by atoms with Crippen molar-refractivity contribution >= 4 is 92.7 Å². The molecule has 0 spiro atoms. The summed E-state index contributed by atoms with van der Waals surface area (Å²) in [6.07, 6.45) is -1.42. The van der Waals surface area contributed by atoms with Crippen molar-refractivity contribution in [2.24, 2.45) is 20.5 Å². The molecule has 5 rings (SSSR count). The van der Waals surface area contributed by atoms with Crippen molar-refractivity contribution in [3.63, 3.8) is 0 Å². The van der Waals surface area contributed by atoms with Gasteiger partial charge in [-0.05, 0) is 60.1 Å². The molecule has 29 heteroatoms. The van der Waals surface area contributed by atoms with Gasteiger partial charge in [-0.15, -0.1) is 5.11 Å². The first-order valence-electron chi connectivity index (χ1n) is 15.9. The van der Waals surface area contributed by atoms with E-state index < -0.39 is 109 Å². The Morgan fingerprint density at radius 1 is 0.717 bits per heavy atom. The van der Waals surface area contributed by atoms with Crippen molar-refractivity contribution in [2.45, 2.75) is 20.9 Å². The Balaban J connectivity index is 1.47. The Labute approximate surface area is 344 Å². The lowest BCUT2D eigenvalue weighted by molar-refractivity contribution is 0.0697. The number of nitrogens with one attached hydrogen (secondary N) is 2. The Kier molecular flexibility index (Phi) is 13.5. The molecule has 0 fully saturated rings. The van der Waals surface area contributed by atoms with Gasteiger partial charge in [0.2, 0.25) is 23.3 Å². The minimum absolute atomic E-state index is 0.0679. The van der Waals surface area contributed by atoms with Crippen molar-refractivity contribution < 1.29 is 66.5 Å². The number of aromatic nitrogens is 3. The van der Waals surface area contributed by atoms with Gasteiger partial charge in [0.1, 0.15) is 5.69 Å². The van der Waals surface area contributed by atoms with Gasteiger partial charge in [-0.1, -0.05) is 36.4 Å². The number of nitrogens with zero attached hydrogens (tertiary/aromatic N) is 7. The van der Waals surface area contributed by atoms with Gasteiger partial charge in [-0.25, -0.2) is 17.4 Å². The summed E-state index contributed by atoms with van der Waals surface area (Å²) < 4.78 is 127. The molecule has 1 unspecified atom stereocenters. The third kappa shape index (κ3) is 12.2. The first kappa shape index (κ1) is 45.0. The standard InChI is InChI=1S/C31H26ClN9O15S4/c32-29-35-30(33-18-7-4-8-19(13-18)57(45,46)12-11-56-60(53,54)55)37-31(36-29)34-24-15-21(59(50,51)52)16-25(26(24)42)39-41-27(17-5-2-1-3-6-17)40-38-23-10-9-20(58(47,48)49)14-22(23)28(43)44/h1-10,13-16,27,42H,11-12H2,(H,43,44)(H,47,48,49)(H,50,51,52)(H,53,54,55)(H2,33,34,35,36,37). The van der Waals surface area contributed by atoms with E-state index in [2.05, 4.69) is 50.2 Å². The smallest absolute Gasteiger partial charge is 0.397 e. The minimum atomic E-state index is -5.01. The van der Waals surface area contributed by atoms with Crippen LogP contribution in [0, 0.1) is 0 Å². The molecule has 0 radical (unpaired) electrons. The zero-order valence-corrected chi connectivity index (χ0v) is 33.6. The fourth-order valence-corrected chi connectivity index (χ4v) is 7.43. The molecule has 0 bridgehead atoms. The molecule has 60 heavy (non-hydrogen) atoms. The van der Waals surface area contributed by atoms with Crippen molar-refractivity contribution in [1.29, 1.82) is 0 Å². The number of carboxylic acids is 1. The number of rotatable bonds is 17. The van der Waals surface area contributed by atoms with Gasteiger partial charge in [0, 0.05) is 11.3 Å². The number of aromatic hydroxyl groups is 1. The van der Waals surface area contributed by atoms with Crippen LogP contribution in [-0.2, 0) is 44.7 Å². The second-order valence-corrected chi connectivity index (χ2v) is 18.0. The molecule has 0 saturated carbocycles. The van der Waals surface area contributed by atoms with Gasteiger partial charge in [-0.2, -0.15) is 55.5 Å². The van der Waals surface area contributed by atoms with Crippen LogP contribution in [-0.4, -0.2) is 90.8 Å². The monoisotopic (exact) mass is 927 g/mol. The topological polar surface area (TPSA) is 376 Å². The molecule has 1 aromatic heterocycles. The molecule has 4 aromatic carbocycles. The number of benzene rings is 4. The number of hydrogen-bond donors (Lipinski definition) is 7. The van der Waals surface area contributed by atoms with Crippen molar-refractivity contribution in [2.75, 3.05) is 23.0 Å². The Hall–Kier alpha value is -6.11. The lowest BCUT2D eigenvalue weighted by Crippen LogP contribution is -2.15. The maximum Gasteiger partial charge on any atom is 0.397 e. The molecule has 316 valence electrons. The van der Waals surface area contributed by atoms with E-state index in [1.165, 1.54) is 30.3 Å². The van der Waals surface area contributed by atoms with E-state index in [1.807, 2.05) is 0 Å². The maximum absolute atomic E-state index is 12.7. The summed E-state index contributed by atoms with van der Waals surface area (Å²) in [6, 6.07) is 16.8. The third-order valence-corrected chi connectivity index (χ3v) is 11.4. The fourth-order valence-electron chi connectivity index (χ4n) is 4.71. The van der Waals surface area contributed by atoms with Crippen LogP contribution in [0.4, 0.5) is 34.6 Å². The third-order valence-electron chi connectivity index (χ3n) is 7.39. The number of carboxylic acid groups (broad SMARTS) is 1. The van der Waals surface area contributed by atoms with Crippen molar-refractivity contribution in [3.8, 4) is 5.75 Å². The van der Waals surface area contributed by atoms with Crippen LogP contribution in [0.1, 0.15) is 22.1 Å². The summed E-state index contributed by atoms with van der Waals surface area (Å²) >= 11 is 6.08. The maximum atomic E-state index is 12.7. The largest absolute Gasteiger partial charge is 0.504 e. The van der Waals surface area contributed by atoms with Crippen LogP contribution in [0.3, 0.4) is 0 Å². The molecule has 0 saturated heterocycles. The summed E-state index contributed by atoms with van der Waals surface area (Å²) in [5.74, 6) is -4.00. The average molecular weight is 928 g/mol. The number of phenols is 1. The lowest BCUT2D eigenvalue weighted by Gasteiger charge is -2.12. The van der Waals surface area contributed by atoms with Gasteiger partial charge in [-0.3, -0.25) is 13.7 Å².